The number of amides is 1. The van der Waals surface area contributed by atoms with Crippen molar-refractivity contribution in [2.45, 2.75) is 6.92 Å². The second kappa shape index (κ2) is 6.91. The summed E-state index contributed by atoms with van der Waals surface area (Å²) in [5.41, 5.74) is 1.68. The maximum Gasteiger partial charge on any atom is 0.337 e. The summed E-state index contributed by atoms with van der Waals surface area (Å²) in [6.45, 7) is 1.78. The summed E-state index contributed by atoms with van der Waals surface area (Å²) in [7, 11) is 2.63. The largest absolute Gasteiger partial charge is 0.494 e. The van der Waals surface area contributed by atoms with Gasteiger partial charge in [0, 0.05) is 11.3 Å². The highest BCUT2D eigenvalue weighted by Crippen LogP contribution is 2.21. The number of hydrogen-bond donors (Lipinski definition) is 1. The fraction of sp³-hybridized carbons (Fsp3) is 0.176. The van der Waals surface area contributed by atoms with Crippen molar-refractivity contribution in [2.75, 3.05) is 19.5 Å². The third-order valence-corrected chi connectivity index (χ3v) is 3.32. The number of halogens is 1. The molecule has 0 saturated heterocycles. The van der Waals surface area contributed by atoms with Crippen molar-refractivity contribution in [1.29, 1.82) is 0 Å². The van der Waals surface area contributed by atoms with Gasteiger partial charge in [0.05, 0.1) is 19.8 Å². The SMILES string of the molecule is COC(=O)c1ccc(C)c(NC(=O)c2ccc(OC)c(F)c2)c1. The minimum absolute atomic E-state index is 0.0606. The lowest BCUT2D eigenvalue weighted by atomic mass is 10.1. The number of carbonyl (C=O) groups excluding carboxylic acids is 2. The van der Waals surface area contributed by atoms with Crippen LogP contribution in [0.5, 0.6) is 5.75 Å². The minimum Gasteiger partial charge on any atom is -0.494 e. The molecule has 0 fully saturated rings. The number of benzene rings is 2. The molecular weight excluding hydrogens is 301 g/mol. The van der Waals surface area contributed by atoms with Crippen LogP contribution in [-0.4, -0.2) is 26.1 Å². The summed E-state index contributed by atoms with van der Waals surface area (Å²) in [5.74, 6) is -1.56. The Morgan fingerprint density at radius 2 is 1.74 bits per heavy atom. The predicted molar refractivity (Wildman–Crippen MR) is 83.4 cm³/mol. The normalized spacial score (nSPS) is 10.1. The molecule has 0 bridgehead atoms. The number of rotatable bonds is 4. The Balaban J connectivity index is 2.26. The van der Waals surface area contributed by atoms with Crippen LogP contribution in [-0.2, 0) is 4.74 Å². The Kier molecular flexibility index (Phi) is 4.95. The zero-order valence-electron chi connectivity index (χ0n) is 13.0. The molecule has 0 spiro atoms. The molecule has 0 aliphatic carbocycles. The first-order valence-electron chi connectivity index (χ1n) is 6.80. The second-order valence-electron chi connectivity index (χ2n) is 4.82. The monoisotopic (exact) mass is 317 g/mol. The Morgan fingerprint density at radius 1 is 1.04 bits per heavy atom. The van der Waals surface area contributed by atoms with E-state index in [1.165, 1.54) is 32.4 Å². The minimum atomic E-state index is -0.625. The predicted octanol–water partition coefficient (Wildman–Crippen LogP) is 3.18. The number of anilines is 1. The van der Waals surface area contributed by atoms with Crippen molar-refractivity contribution in [3.63, 3.8) is 0 Å². The summed E-state index contributed by atoms with van der Waals surface area (Å²) < 4.78 is 23.1. The molecule has 6 heteroatoms. The van der Waals surface area contributed by atoms with Gasteiger partial charge in [-0.25, -0.2) is 9.18 Å². The molecule has 0 heterocycles. The summed E-state index contributed by atoms with van der Waals surface area (Å²) in [4.78, 5) is 23.8. The van der Waals surface area contributed by atoms with Crippen molar-refractivity contribution >= 4 is 17.6 Å². The molecule has 120 valence electrons. The third-order valence-electron chi connectivity index (χ3n) is 3.32. The van der Waals surface area contributed by atoms with Crippen LogP contribution in [0.3, 0.4) is 0 Å². The maximum absolute atomic E-state index is 13.7. The zero-order valence-corrected chi connectivity index (χ0v) is 13.0. The molecule has 2 aromatic carbocycles. The molecule has 5 nitrogen and oxygen atoms in total. The third kappa shape index (κ3) is 3.66. The Labute approximate surface area is 133 Å². The molecule has 1 amide bonds. The van der Waals surface area contributed by atoms with E-state index in [4.69, 9.17) is 4.74 Å². The number of carbonyl (C=O) groups is 2. The van der Waals surface area contributed by atoms with Crippen LogP contribution in [0, 0.1) is 12.7 Å². The van der Waals surface area contributed by atoms with E-state index in [0.717, 1.165) is 11.6 Å². The molecule has 2 rings (SSSR count). The number of nitrogens with one attached hydrogen (secondary N) is 1. The lowest BCUT2D eigenvalue weighted by molar-refractivity contribution is 0.0600. The number of methoxy groups -OCH3 is 2. The molecule has 1 N–H and O–H groups in total. The topological polar surface area (TPSA) is 64.6 Å². The highest BCUT2D eigenvalue weighted by Gasteiger charge is 2.13. The van der Waals surface area contributed by atoms with Gasteiger partial charge in [0.25, 0.3) is 5.91 Å². The first-order chi connectivity index (χ1) is 11.0. The summed E-state index contributed by atoms with van der Waals surface area (Å²) in [6.07, 6.45) is 0. The van der Waals surface area contributed by atoms with Crippen LogP contribution in [0.4, 0.5) is 10.1 Å². The van der Waals surface area contributed by atoms with E-state index in [-0.39, 0.29) is 11.3 Å². The van der Waals surface area contributed by atoms with Gasteiger partial charge >= 0.3 is 5.97 Å². The fourth-order valence-corrected chi connectivity index (χ4v) is 2.00. The van der Waals surface area contributed by atoms with Crippen LogP contribution >= 0.6 is 0 Å². The van der Waals surface area contributed by atoms with Crippen molar-refractivity contribution in [3.05, 3.63) is 58.9 Å². The van der Waals surface area contributed by atoms with Gasteiger partial charge in [0.2, 0.25) is 0 Å². The van der Waals surface area contributed by atoms with Gasteiger partial charge in [-0.3, -0.25) is 4.79 Å². The average molecular weight is 317 g/mol. The zero-order chi connectivity index (χ0) is 17.0. The smallest absolute Gasteiger partial charge is 0.337 e. The molecule has 0 aliphatic heterocycles. The van der Waals surface area contributed by atoms with Gasteiger partial charge in [-0.15, -0.1) is 0 Å². The van der Waals surface area contributed by atoms with E-state index in [1.807, 2.05) is 0 Å². The van der Waals surface area contributed by atoms with Crippen LogP contribution < -0.4 is 10.1 Å². The number of esters is 1. The van der Waals surface area contributed by atoms with E-state index in [0.29, 0.717) is 11.3 Å². The molecule has 0 radical (unpaired) electrons. The van der Waals surface area contributed by atoms with Gasteiger partial charge in [-0.2, -0.15) is 0 Å². The number of aryl methyl sites for hydroxylation is 1. The summed E-state index contributed by atoms with van der Waals surface area (Å²) in [5, 5.41) is 2.66. The van der Waals surface area contributed by atoms with Crippen molar-refractivity contribution in [3.8, 4) is 5.75 Å². The maximum atomic E-state index is 13.7. The Hall–Kier alpha value is -2.89. The Bertz CT molecular complexity index is 758. The van der Waals surface area contributed by atoms with Gasteiger partial charge in [0.15, 0.2) is 11.6 Å². The molecule has 0 aromatic heterocycles. The lowest BCUT2D eigenvalue weighted by Gasteiger charge is -2.11. The fourth-order valence-electron chi connectivity index (χ4n) is 2.00. The molecule has 0 saturated carbocycles. The lowest BCUT2D eigenvalue weighted by Crippen LogP contribution is -2.14. The highest BCUT2D eigenvalue weighted by molar-refractivity contribution is 6.05. The van der Waals surface area contributed by atoms with E-state index >= 15 is 0 Å². The van der Waals surface area contributed by atoms with Crippen molar-refractivity contribution in [1.82, 2.24) is 0 Å². The molecule has 0 atom stereocenters. The summed E-state index contributed by atoms with van der Waals surface area (Å²) in [6, 6.07) is 8.73. The van der Waals surface area contributed by atoms with E-state index in [9.17, 15) is 14.0 Å². The van der Waals surface area contributed by atoms with Gasteiger partial charge in [-0.1, -0.05) is 6.07 Å². The second-order valence-corrected chi connectivity index (χ2v) is 4.82. The Morgan fingerprint density at radius 3 is 2.35 bits per heavy atom. The molecule has 0 unspecified atom stereocenters. The van der Waals surface area contributed by atoms with E-state index in [1.54, 1.807) is 19.1 Å². The first-order valence-corrected chi connectivity index (χ1v) is 6.80. The number of ether oxygens (including phenoxy) is 2. The highest BCUT2D eigenvalue weighted by atomic mass is 19.1. The molecule has 0 aliphatic rings. The molecular formula is C17H16FNO4. The standard InChI is InChI=1S/C17H16FNO4/c1-10-4-5-12(17(21)23-3)9-14(10)19-16(20)11-6-7-15(22-2)13(18)8-11/h4-9H,1-3H3,(H,19,20). The van der Waals surface area contributed by atoms with Crippen LogP contribution in [0.1, 0.15) is 26.3 Å². The van der Waals surface area contributed by atoms with Gasteiger partial charge in [0.1, 0.15) is 0 Å². The van der Waals surface area contributed by atoms with E-state index in [2.05, 4.69) is 10.1 Å². The van der Waals surface area contributed by atoms with Crippen LogP contribution in [0.25, 0.3) is 0 Å². The molecule has 2 aromatic rings. The quantitative estimate of drug-likeness (QED) is 0.880. The number of hydrogen-bond acceptors (Lipinski definition) is 4. The van der Waals surface area contributed by atoms with Crippen molar-refractivity contribution in [2.24, 2.45) is 0 Å². The first kappa shape index (κ1) is 16.5. The summed E-state index contributed by atoms with van der Waals surface area (Å²) >= 11 is 0. The van der Waals surface area contributed by atoms with Crippen molar-refractivity contribution < 1.29 is 23.5 Å². The van der Waals surface area contributed by atoms with Gasteiger partial charge in [-0.05, 0) is 42.8 Å². The van der Waals surface area contributed by atoms with E-state index < -0.39 is 17.7 Å². The molecule has 23 heavy (non-hydrogen) atoms. The van der Waals surface area contributed by atoms with Crippen LogP contribution in [0.2, 0.25) is 0 Å². The van der Waals surface area contributed by atoms with Gasteiger partial charge < -0.3 is 14.8 Å². The average Bonchev–Trinajstić information content (AvgIpc) is 2.55. The van der Waals surface area contributed by atoms with Crippen LogP contribution in [0.15, 0.2) is 36.4 Å².